The Balaban J connectivity index is 2.01. The van der Waals surface area contributed by atoms with Crippen molar-refractivity contribution in [3.05, 3.63) is 58.9 Å². The van der Waals surface area contributed by atoms with Crippen LogP contribution >= 0.6 is 11.6 Å². The number of esters is 1. The molecule has 1 aliphatic rings. The number of likely N-dealkylation sites (tertiary alicyclic amines) is 1. The van der Waals surface area contributed by atoms with Crippen LogP contribution in [0.1, 0.15) is 32.8 Å². The topological polar surface area (TPSA) is 99.6 Å². The minimum Gasteiger partial charge on any atom is -0.450 e. The van der Waals surface area contributed by atoms with Crippen molar-refractivity contribution in [1.82, 2.24) is 9.62 Å². The van der Waals surface area contributed by atoms with E-state index in [1.54, 1.807) is 30.3 Å². The Morgan fingerprint density at radius 3 is 2.46 bits per heavy atom. The van der Waals surface area contributed by atoms with Gasteiger partial charge >= 0.3 is 11.5 Å². The first-order valence-electron chi connectivity index (χ1n) is 11.2. The molecule has 0 spiro atoms. The van der Waals surface area contributed by atoms with Gasteiger partial charge in [-0.3, -0.25) is 9.59 Å². The van der Waals surface area contributed by atoms with Crippen molar-refractivity contribution in [1.29, 1.82) is 4.78 Å². The molecule has 3 atom stereocenters. The molecule has 0 radical (unpaired) electrons. The Morgan fingerprint density at radius 2 is 1.86 bits per heavy atom. The first-order chi connectivity index (χ1) is 17.0. The lowest BCUT2D eigenvalue weighted by Gasteiger charge is -2.34. The third-order valence-electron chi connectivity index (χ3n) is 6.01. The molecule has 1 heterocycles. The van der Waals surface area contributed by atoms with E-state index in [0.717, 1.165) is 6.92 Å². The van der Waals surface area contributed by atoms with Crippen molar-refractivity contribution in [2.75, 3.05) is 6.54 Å². The number of carbonyl (C=O) groups is 2. The van der Waals surface area contributed by atoms with Gasteiger partial charge in [0.25, 0.3) is 5.91 Å². The van der Waals surface area contributed by atoms with Crippen molar-refractivity contribution in [2.24, 2.45) is 0 Å². The van der Waals surface area contributed by atoms with Gasteiger partial charge in [-0.2, -0.15) is 13.2 Å². The van der Waals surface area contributed by atoms with Crippen LogP contribution in [-0.4, -0.2) is 50.7 Å². The Hall–Kier alpha value is -2.70. The molecule has 13 heteroatoms. The number of hydrogen-bond acceptors (Lipinski definition) is 5. The predicted octanol–water partition coefficient (Wildman–Crippen LogP) is 5.07. The van der Waals surface area contributed by atoms with E-state index in [2.05, 4.69) is 0 Å². The van der Waals surface area contributed by atoms with E-state index in [0.29, 0.717) is 10.6 Å². The number of nitrogens with zero attached hydrogens (tertiary/aromatic N) is 1. The van der Waals surface area contributed by atoms with Crippen molar-refractivity contribution >= 4 is 33.4 Å². The quantitative estimate of drug-likeness (QED) is 0.363. The molecule has 0 saturated carbocycles. The van der Waals surface area contributed by atoms with Crippen LogP contribution in [0, 0.1) is 10.6 Å². The van der Waals surface area contributed by atoms with Gasteiger partial charge in [-0.1, -0.05) is 41.9 Å². The molecule has 7 nitrogen and oxygen atoms in total. The van der Waals surface area contributed by atoms with Crippen molar-refractivity contribution in [2.45, 2.75) is 56.8 Å². The maximum absolute atomic E-state index is 15.6. The molecule has 2 aromatic carbocycles. The number of carbonyl (C=O) groups excluding carboxylic acids is 2. The number of ether oxygens (including phenoxy) is 1. The fourth-order valence-electron chi connectivity index (χ4n) is 4.37. The lowest BCUT2D eigenvalue weighted by atomic mass is 9.95. The van der Waals surface area contributed by atoms with Gasteiger partial charge in [0.05, 0.1) is 6.04 Å². The molecule has 2 aromatic rings. The van der Waals surface area contributed by atoms with Crippen molar-refractivity contribution < 1.29 is 36.1 Å². The lowest BCUT2D eigenvalue weighted by molar-refractivity contribution is -0.169. The average Bonchev–Trinajstić information content (AvgIpc) is 3.14. The highest BCUT2D eigenvalue weighted by Gasteiger charge is 2.49. The maximum Gasteiger partial charge on any atom is 0.492 e. The minimum atomic E-state index is -5.36. The molecule has 2 N–H and O–H groups in total. The SMILES string of the molecule is CC(=O)OC(C)(C)C(=O)N1CC[C@H](NS(=N)(=O)C(F)(F)F)[C@@H]1Cc1cccc(-c2cccc(Cl)c2)c1F. The number of rotatable bonds is 7. The van der Waals surface area contributed by atoms with Gasteiger partial charge in [-0.15, -0.1) is 0 Å². The summed E-state index contributed by atoms with van der Waals surface area (Å²) in [6, 6.07) is 8.59. The zero-order chi connectivity index (χ0) is 27.8. The predicted molar refractivity (Wildman–Crippen MR) is 130 cm³/mol. The normalized spacial score (nSPS) is 19.9. The molecule has 0 bridgehead atoms. The summed E-state index contributed by atoms with van der Waals surface area (Å²) in [7, 11) is -5.26. The summed E-state index contributed by atoms with van der Waals surface area (Å²) in [5.74, 6) is -2.12. The largest absolute Gasteiger partial charge is 0.492 e. The second-order valence-electron chi connectivity index (χ2n) is 9.18. The van der Waals surface area contributed by atoms with Crippen LogP contribution in [-0.2, 0) is 30.7 Å². The summed E-state index contributed by atoms with van der Waals surface area (Å²) >= 11 is 6.03. The highest BCUT2D eigenvalue weighted by molar-refractivity contribution is 7.91. The summed E-state index contributed by atoms with van der Waals surface area (Å²) in [4.78, 5) is 26.0. The summed E-state index contributed by atoms with van der Waals surface area (Å²) in [5.41, 5.74) is -6.26. The van der Waals surface area contributed by atoms with E-state index in [1.807, 2.05) is 4.72 Å². The monoisotopic (exact) mass is 563 g/mol. The van der Waals surface area contributed by atoms with E-state index >= 15 is 4.39 Å². The fourth-order valence-corrected chi connectivity index (χ4v) is 5.39. The van der Waals surface area contributed by atoms with Crippen LogP contribution < -0.4 is 4.72 Å². The second-order valence-corrected chi connectivity index (χ2v) is 11.4. The first-order valence-corrected chi connectivity index (χ1v) is 13.1. The summed E-state index contributed by atoms with van der Waals surface area (Å²) in [6.07, 6.45) is -0.346. The Morgan fingerprint density at radius 1 is 1.22 bits per heavy atom. The van der Waals surface area contributed by atoms with E-state index in [9.17, 15) is 27.0 Å². The number of hydrogen-bond donors (Lipinski definition) is 2. The van der Waals surface area contributed by atoms with Gasteiger partial charge in [0, 0.05) is 30.1 Å². The van der Waals surface area contributed by atoms with Crippen LogP contribution in [0.3, 0.4) is 0 Å². The van der Waals surface area contributed by atoms with E-state index in [1.165, 1.54) is 30.9 Å². The summed E-state index contributed by atoms with van der Waals surface area (Å²) < 4.78 is 81.7. The molecule has 1 fully saturated rings. The highest BCUT2D eigenvalue weighted by atomic mass is 35.5. The molecule has 1 unspecified atom stereocenters. The molecule has 1 saturated heterocycles. The van der Waals surface area contributed by atoms with Gasteiger partial charge in [-0.05, 0) is 49.9 Å². The summed E-state index contributed by atoms with van der Waals surface area (Å²) in [6.45, 7) is 3.68. The second kappa shape index (κ2) is 10.6. The fraction of sp³-hybridized carbons (Fsp3) is 0.417. The summed E-state index contributed by atoms with van der Waals surface area (Å²) in [5, 5.41) is 0.379. The number of amides is 1. The zero-order valence-electron chi connectivity index (χ0n) is 20.2. The van der Waals surface area contributed by atoms with Gasteiger partial charge in [0.2, 0.25) is 9.92 Å². The molecular formula is C24H26ClF4N3O4S. The van der Waals surface area contributed by atoms with Crippen LogP contribution in [0.2, 0.25) is 5.02 Å². The molecule has 1 amide bonds. The number of benzene rings is 2. The zero-order valence-corrected chi connectivity index (χ0v) is 21.8. The number of nitrogens with one attached hydrogen (secondary N) is 2. The Labute approximate surface area is 217 Å². The molecule has 1 aliphatic heterocycles. The van der Waals surface area contributed by atoms with Crippen molar-refractivity contribution in [3.8, 4) is 11.1 Å². The maximum atomic E-state index is 15.6. The smallest absolute Gasteiger partial charge is 0.450 e. The first kappa shape index (κ1) is 28.9. The molecular weight excluding hydrogens is 538 g/mol. The standard InChI is InChI=1S/C24H26ClF4N3O4S/c1-14(33)36-23(2,3)22(34)32-11-10-19(31-37(30,35)24(27,28)29)20(32)13-16-7-5-9-18(21(16)26)15-6-4-8-17(25)12-15/h4-9,12,19-20H,10-11,13H2,1-3H3,(H2,30,31,35)/t19-,20-,37?/m0/s1. The van der Waals surface area contributed by atoms with Gasteiger partial charge in [0.1, 0.15) is 5.82 Å². The lowest BCUT2D eigenvalue weighted by Crippen LogP contribution is -2.54. The molecule has 0 aliphatic carbocycles. The molecule has 37 heavy (non-hydrogen) atoms. The Bertz CT molecular complexity index is 1300. The van der Waals surface area contributed by atoms with Crippen LogP contribution in [0.5, 0.6) is 0 Å². The molecule has 202 valence electrons. The minimum absolute atomic E-state index is 0.0859. The van der Waals surface area contributed by atoms with Gasteiger partial charge in [-0.25, -0.2) is 18.1 Å². The third-order valence-corrected chi connectivity index (χ3v) is 7.53. The van der Waals surface area contributed by atoms with Gasteiger partial charge < -0.3 is 9.64 Å². The van der Waals surface area contributed by atoms with Crippen LogP contribution in [0.15, 0.2) is 42.5 Å². The average molecular weight is 564 g/mol. The molecule has 0 aromatic heterocycles. The number of alkyl halides is 3. The van der Waals surface area contributed by atoms with Crippen LogP contribution in [0.4, 0.5) is 17.6 Å². The van der Waals surface area contributed by atoms with Crippen molar-refractivity contribution in [3.63, 3.8) is 0 Å². The Kier molecular flexibility index (Phi) is 8.25. The van der Waals surface area contributed by atoms with Gasteiger partial charge in [0.15, 0.2) is 5.60 Å². The van der Waals surface area contributed by atoms with Crippen LogP contribution in [0.25, 0.3) is 11.1 Å². The van der Waals surface area contributed by atoms with E-state index in [-0.39, 0.29) is 30.5 Å². The third kappa shape index (κ3) is 6.42. The van der Waals surface area contributed by atoms with E-state index < -0.39 is 50.8 Å². The number of halogens is 5. The van der Waals surface area contributed by atoms with E-state index in [4.69, 9.17) is 21.1 Å². The highest BCUT2D eigenvalue weighted by Crippen LogP contribution is 2.33. The molecule has 3 rings (SSSR count).